The minimum atomic E-state index is -3.23. The summed E-state index contributed by atoms with van der Waals surface area (Å²) in [6, 6.07) is 10.1. The molecule has 0 radical (unpaired) electrons. The zero-order valence-corrected chi connectivity index (χ0v) is 12.7. The van der Waals surface area contributed by atoms with Crippen molar-refractivity contribution in [3.8, 4) is 0 Å². The molecule has 1 aromatic carbocycles. The van der Waals surface area contributed by atoms with Crippen LogP contribution in [0.3, 0.4) is 0 Å². The molecule has 0 saturated carbocycles. The molecular weight excluding hydrogens is 294 g/mol. The molecule has 1 heterocycles. The SMILES string of the molecule is O=S(=O)(CCCOCCc1ccccc1)c1nccs1. The second-order valence-electron chi connectivity index (χ2n) is 4.32. The average molecular weight is 311 g/mol. The van der Waals surface area contributed by atoms with Gasteiger partial charge in [-0.3, -0.25) is 0 Å². The maximum Gasteiger partial charge on any atom is 0.209 e. The molecule has 2 aromatic rings. The highest BCUT2D eigenvalue weighted by Crippen LogP contribution is 2.14. The fourth-order valence-electron chi connectivity index (χ4n) is 1.74. The van der Waals surface area contributed by atoms with E-state index < -0.39 is 9.84 Å². The smallest absolute Gasteiger partial charge is 0.209 e. The van der Waals surface area contributed by atoms with Gasteiger partial charge < -0.3 is 4.74 Å². The van der Waals surface area contributed by atoms with Gasteiger partial charge in [-0.2, -0.15) is 0 Å². The zero-order valence-electron chi connectivity index (χ0n) is 11.1. The van der Waals surface area contributed by atoms with Crippen LogP contribution in [0.15, 0.2) is 46.2 Å². The molecule has 0 aliphatic heterocycles. The molecule has 0 N–H and O–H groups in total. The molecule has 6 heteroatoms. The predicted octanol–water partition coefficient (Wildman–Crippen LogP) is 2.57. The molecule has 4 nitrogen and oxygen atoms in total. The van der Waals surface area contributed by atoms with E-state index in [1.54, 1.807) is 5.38 Å². The van der Waals surface area contributed by atoms with Crippen LogP contribution in [0.2, 0.25) is 0 Å². The third kappa shape index (κ3) is 4.70. The lowest BCUT2D eigenvalue weighted by molar-refractivity contribution is 0.138. The van der Waals surface area contributed by atoms with Crippen molar-refractivity contribution in [3.63, 3.8) is 0 Å². The third-order valence-corrected chi connectivity index (χ3v) is 5.83. The van der Waals surface area contributed by atoms with Crippen LogP contribution in [0.5, 0.6) is 0 Å². The van der Waals surface area contributed by atoms with Crippen LogP contribution in [0.4, 0.5) is 0 Å². The summed E-state index contributed by atoms with van der Waals surface area (Å²) in [5.41, 5.74) is 1.22. The van der Waals surface area contributed by atoms with E-state index in [-0.39, 0.29) is 10.1 Å². The molecule has 0 fully saturated rings. The number of aromatic nitrogens is 1. The van der Waals surface area contributed by atoms with Crippen molar-refractivity contribution in [1.29, 1.82) is 0 Å². The Morgan fingerprint density at radius 1 is 1.15 bits per heavy atom. The van der Waals surface area contributed by atoms with Crippen LogP contribution in [-0.2, 0) is 21.0 Å². The topological polar surface area (TPSA) is 56.3 Å². The van der Waals surface area contributed by atoms with Gasteiger partial charge in [0, 0.05) is 18.2 Å². The predicted molar refractivity (Wildman–Crippen MR) is 79.7 cm³/mol. The molecule has 0 aliphatic rings. The molecule has 1 aromatic heterocycles. The molecular formula is C14H17NO3S2. The van der Waals surface area contributed by atoms with E-state index in [4.69, 9.17) is 4.74 Å². The van der Waals surface area contributed by atoms with E-state index in [1.807, 2.05) is 18.2 Å². The Hall–Kier alpha value is -1.24. The molecule has 108 valence electrons. The van der Waals surface area contributed by atoms with E-state index in [2.05, 4.69) is 17.1 Å². The van der Waals surface area contributed by atoms with Crippen LogP contribution in [-0.4, -0.2) is 32.4 Å². The number of rotatable bonds is 8. The van der Waals surface area contributed by atoms with Gasteiger partial charge in [-0.25, -0.2) is 13.4 Å². The Balaban J connectivity index is 1.63. The van der Waals surface area contributed by atoms with Crippen molar-refractivity contribution < 1.29 is 13.2 Å². The monoisotopic (exact) mass is 311 g/mol. The van der Waals surface area contributed by atoms with Gasteiger partial charge in [-0.15, -0.1) is 11.3 Å². The Morgan fingerprint density at radius 2 is 1.95 bits per heavy atom. The number of nitrogens with zero attached hydrogens (tertiary/aromatic N) is 1. The standard InChI is InChI=1S/C14H17NO3S2/c16-20(17,14-15-8-11-19-14)12-4-9-18-10-7-13-5-2-1-3-6-13/h1-3,5-6,8,11H,4,7,9-10,12H2. The number of sulfone groups is 1. The second-order valence-corrected chi connectivity index (χ2v) is 7.50. The molecule has 0 aliphatic carbocycles. The van der Waals surface area contributed by atoms with E-state index in [9.17, 15) is 8.42 Å². The largest absolute Gasteiger partial charge is 0.381 e. The molecule has 0 bridgehead atoms. The Labute approximate surface area is 123 Å². The highest BCUT2D eigenvalue weighted by molar-refractivity contribution is 7.93. The number of benzene rings is 1. The number of hydrogen-bond donors (Lipinski definition) is 0. The summed E-state index contributed by atoms with van der Waals surface area (Å²) < 4.78 is 29.3. The normalized spacial score (nSPS) is 11.6. The van der Waals surface area contributed by atoms with Gasteiger partial charge in [0.15, 0.2) is 0 Å². The Kier molecular flexibility index (Phi) is 5.70. The van der Waals surface area contributed by atoms with Gasteiger partial charge in [0.1, 0.15) is 0 Å². The molecule has 2 rings (SSSR count). The van der Waals surface area contributed by atoms with Crippen molar-refractivity contribution in [2.75, 3.05) is 19.0 Å². The number of ether oxygens (including phenoxy) is 1. The van der Waals surface area contributed by atoms with Crippen molar-refractivity contribution in [2.24, 2.45) is 0 Å². The van der Waals surface area contributed by atoms with Crippen LogP contribution >= 0.6 is 11.3 Å². The minimum Gasteiger partial charge on any atom is -0.381 e. The van der Waals surface area contributed by atoms with Gasteiger partial charge in [0.2, 0.25) is 14.2 Å². The van der Waals surface area contributed by atoms with Crippen molar-refractivity contribution >= 4 is 21.2 Å². The second kappa shape index (κ2) is 7.52. The summed E-state index contributed by atoms with van der Waals surface area (Å²) in [6.07, 6.45) is 2.85. The minimum absolute atomic E-state index is 0.0891. The number of thiazole rings is 1. The highest BCUT2D eigenvalue weighted by Gasteiger charge is 2.16. The summed E-state index contributed by atoms with van der Waals surface area (Å²) in [4.78, 5) is 3.83. The Bertz CT molecular complexity index is 595. The van der Waals surface area contributed by atoms with Crippen molar-refractivity contribution in [1.82, 2.24) is 4.98 Å². The van der Waals surface area contributed by atoms with Crippen LogP contribution in [0, 0.1) is 0 Å². The van der Waals surface area contributed by atoms with Crippen LogP contribution < -0.4 is 0 Å². The summed E-state index contributed by atoms with van der Waals surface area (Å²) in [6.45, 7) is 1.07. The first-order valence-corrected chi connectivity index (χ1v) is 8.95. The lowest BCUT2D eigenvalue weighted by Crippen LogP contribution is -2.10. The zero-order chi connectivity index (χ0) is 14.3. The van der Waals surface area contributed by atoms with Crippen LogP contribution in [0.25, 0.3) is 0 Å². The quantitative estimate of drug-likeness (QED) is 0.703. The highest BCUT2D eigenvalue weighted by atomic mass is 32.2. The molecule has 20 heavy (non-hydrogen) atoms. The summed E-state index contributed by atoms with van der Waals surface area (Å²) in [7, 11) is -3.23. The van der Waals surface area contributed by atoms with Gasteiger partial charge >= 0.3 is 0 Å². The molecule has 0 atom stereocenters. The first kappa shape index (κ1) is 15.2. The van der Waals surface area contributed by atoms with Gasteiger partial charge in [-0.1, -0.05) is 30.3 Å². The van der Waals surface area contributed by atoms with E-state index in [0.29, 0.717) is 19.6 Å². The molecule has 0 spiro atoms. The summed E-state index contributed by atoms with van der Waals surface area (Å²) in [5.74, 6) is 0.0891. The Morgan fingerprint density at radius 3 is 2.65 bits per heavy atom. The maximum atomic E-state index is 11.8. The van der Waals surface area contributed by atoms with E-state index >= 15 is 0 Å². The molecule has 0 amide bonds. The summed E-state index contributed by atoms with van der Waals surface area (Å²) >= 11 is 1.16. The first-order chi connectivity index (χ1) is 9.68. The third-order valence-electron chi connectivity index (χ3n) is 2.76. The fourth-order valence-corrected chi connectivity index (χ4v) is 4.00. The van der Waals surface area contributed by atoms with E-state index in [0.717, 1.165) is 17.8 Å². The van der Waals surface area contributed by atoms with Crippen molar-refractivity contribution in [3.05, 3.63) is 47.5 Å². The average Bonchev–Trinajstić information content (AvgIpc) is 2.99. The van der Waals surface area contributed by atoms with E-state index in [1.165, 1.54) is 11.8 Å². The fraction of sp³-hybridized carbons (Fsp3) is 0.357. The molecule has 0 saturated heterocycles. The number of hydrogen-bond acceptors (Lipinski definition) is 5. The van der Waals surface area contributed by atoms with Gasteiger partial charge in [-0.05, 0) is 18.4 Å². The summed E-state index contributed by atoms with van der Waals surface area (Å²) in [5, 5.41) is 1.67. The lowest BCUT2D eigenvalue weighted by Gasteiger charge is -2.04. The van der Waals surface area contributed by atoms with Crippen molar-refractivity contribution in [2.45, 2.75) is 17.2 Å². The van der Waals surface area contributed by atoms with Crippen LogP contribution in [0.1, 0.15) is 12.0 Å². The first-order valence-electron chi connectivity index (χ1n) is 6.42. The van der Waals surface area contributed by atoms with Gasteiger partial charge in [0.05, 0.1) is 12.4 Å². The maximum absolute atomic E-state index is 11.8. The molecule has 0 unspecified atom stereocenters. The van der Waals surface area contributed by atoms with Gasteiger partial charge in [0.25, 0.3) is 0 Å². The lowest BCUT2D eigenvalue weighted by atomic mass is 10.2.